The Labute approximate surface area is 151 Å². The van der Waals surface area contributed by atoms with Gasteiger partial charge in [-0.3, -0.25) is 9.59 Å². The van der Waals surface area contributed by atoms with Crippen LogP contribution >= 0.6 is 0 Å². The molecule has 0 aliphatic heterocycles. The molecule has 138 valence electrons. The van der Waals surface area contributed by atoms with Gasteiger partial charge in [0.05, 0.1) is 0 Å². The number of aryl methyl sites for hydroxylation is 1. The Morgan fingerprint density at radius 2 is 1.88 bits per heavy atom. The van der Waals surface area contributed by atoms with Crippen LogP contribution in [0.15, 0.2) is 24.3 Å². The van der Waals surface area contributed by atoms with Gasteiger partial charge in [-0.1, -0.05) is 52.2 Å². The molecule has 0 radical (unpaired) electrons. The zero-order valence-corrected chi connectivity index (χ0v) is 15.8. The van der Waals surface area contributed by atoms with Gasteiger partial charge in [0.15, 0.2) is 0 Å². The molecular formula is C21H32N2O2. The standard InChI is InChI=1S/C21H32N2O2/c1-4-16-9-8-12-18(14-16)22-21(25)19(13-15(2)3)23-20(24)17-10-6-5-7-11-17/h8-9,12,14-15,17,19H,4-7,10-11,13H2,1-3H3,(H,22,25)(H,23,24). The van der Waals surface area contributed by atoms with Gasteiger partial charge in [-0.15, -0.1) is 0 Å². The molecule has 1 atom stereocenters. The van der Waals surface area contributed by atoms with Crippen molar-refractivity contribution in [2.45, 2.75) is 71.8 Å². The highest BCUT2D eigenvalue weighted by atomic mass is 16.2. The van der Waals surface area contributed by atoms with Crippen molar-refractivity contribution in [2.75, 3.05) is 5.32 Å². The Hall–Kier alpha value is -1.84. The summed E-state index contributed by atoms with van der Waals surface area (Å²) in [6.07, 6.45) is 6.91. The predicted molar refractivity (Wildman–Crippen MR) is 102 cm³/mol. The lowest BCUT2D eigenvalue weighted by atomic mass is 9.88. The minimum Gasteiger partial charge on any atom is -0.344 e. The molecule has 4 heteroatoms. The van der Waals surface area contributed by atoms with Gasteiger partial charge in [-0.25, -0.2) is 0 Å². The first-order chi connectivity index (χ1) is 12.0. The summed E-state index contributed by atoms with van der Waals surface area (Å²) >= 11 is 0. The van der Waals surface area contributed by atoms with Crippen molar-refractivity contribution in [3.63, 3.8) is 0 Å². The summed E-state index contributed by atoms with van der Waals surface area (Å²) in [6, 6.07) is 7.41. The van der Waals surface area contributed by atoms with Gasteiger partial charge in [-0.05, 0) is 49.3 Å². The fraction of sp³-hybridized carbons (Fsp3) is 0.619. The first-order valence-electron chi connectivity index (χ1n) is 9.69. The second-order valence-electron chi connectivity index (χ2n) is 7.57. The largest absolute Gasteiger partial charge is 0.344 e. The SMILES string of the molecule is CCc1cccc(NC(=O)C(CC(C)C)NC(=O)C2CCCCC2)c1. The number of carbonyl (C=O) groups excluding carboxylic acids is 2. The molecule has 1 aliphatic rings. The van der Waals surface area contributed by atoms with Crippen LogP contribution in [0.4, 0.5) is 5.69 Å². The smallest absolute Gasteiger partial charge is 0.246 e. The summed E-state index contributed by atoms with van der Waals surface area (Å²) in [4.78, 5) is 25.3. The third-order valence-corrected chi connectivity index (χ3v) is 4.92. The summed E-state index contributed by atoms with van der Waals surface area (Å²) in [6.45, 7) is 6.24. The van der Waals surface area contributed by atoms with Crippen molar-refractivity contribution in [3.8, 4) is 0 Å². The molecule has 2 rings (SSSR count). The average Bonchev–Trinajstić information content (AvgIpc) is 2.61. The molecule has 1 aliphatic carbocycles. The zero-order valence-electron chi connectivity index (χ0n) is 15.8. The minimum atomic E-state index is -0.472. The summed E-state index contributed by atoms with van der Waals surface area (Å²) in [7, 11) is 0. The van der Waals surface area contributed by atoms with E-state index in [1.54, 1.807) is 0 Å². The maximum Gasteiger partial charge on any atom is 0.246 e. The Morgan fingerprint density at radius 1 is 1.16 bits per heavy atom. The van der Waals surface area contributed by atoms with E-state index in [0.29, 0.717) is 12.3 Å². The number of rotatable bonds is 7. The van der Waals surface area contributed by atoms with E-state index in [2.05, 4.69) is 31.4 Å². The van der Waals surface area contributed by atoms with E-state index in [1.807, 2.05) is 24.3 Å². The number of amides is 2. The molecule has 1 saturated carbocycles. The van der Waals surface area contributed by atoms with Crippen molar-refractivity contribution in [1.29, 1.82) is 0 Å². The van der Waals surface area contributed by atoms with Gasteiger partial charge in [-0.2, -0.15) is 0 Å². The molecule has 0 spiro atoms. The summed E-state index contributed by atoms with van der Waals surface area (Å²) < 4.78 is 0. The average molecular weight is 344 g/mol. The number of nitrogens with one attached hydrogen (secondary N) is 2. The van der Waals surface area contributed by atoms with E-state index >= 15 is 0 Å². The van der Waals surface area contributed by atoms with Crippen molar-refractivity contribution in [2.24, 2.45) is 11.8 Å². The summed E-state index contributed by atoms with van der Waals surface area (Å²) in [5.41, 5.74) is 1.98. The molecular weight excluding hydrogens is 312 g/mol. The maximum atomic E-state index is 12.7. The van der Waals surface area contributed by atoms with Crippen LogP contribution in [0.1, 0.15) is 64.9 Å². The zero-order chi connectivity index (χ0) is 18.2. The number of hydrogen-bond donors (Lipinski definition) is 2. The van der Waals surface area contributed by atoms with Crippen molar-refractivity contribution in [1.82, 2.24) is 5.32 Å². The van der Waals surface area contributed by atoms with Crippen molar-refractivity contribution >= 4 is 17.5 Å². The van der Waals surface area contributed by atoms with E-state index < -0.39 is 6.04 Å². The minimum absolute atomic E-state index is 0.0443. The molecule has 4 nitrogen and oxygen atoms in total. The number of benzene rings is 1. The monoisotopic (exact) mass is 344 g/mol. The molecule has 25 heavy (non-hydrogen) atoms. The molecule has 2 N–H and O–H groups in total. The Balaban J connectivity index is 2.01. The lowest BCUT2D eigenvalue weighted by molar-refractivity contribution is -0.130. The van der Waals surface area contributed by atoms with Crippen LogP contribution in [0.25, 0.3) is 0 Å². The molecule has 1 aromatic carbocycles. The third kappa shape index (κ3) is 6.18. The third-order valence-electron chi connectivity index (χ3n) is 4.92. The van der Waals surface area contributed by atoms with Crippen LogP contribution in [-0.2, 0) is 16.0 Å². The molecule has 0 saturated heterocycles. The van der Waals surface area contributed by atoms with E-state index in [1.165, 1.54) is 12.0 Å². The van der Waals surface area contributed by atoms with Gasteiger partial charge >= 0.3 is 0 Å². The molecule has 2 amide bonds. The van der Waals surface area contributed by atoms with Crippen LogP contribution in [0, 0.1) is 11.8 Å². The molecule has 0 aromatic heterocycles. The Bertz CT molecular complexity index is 577. The van der Waals surface area contributed by atoms with E-state index in [0.717, 1.165) is 37.8 Å². The first-order valence-corrected chi connectivity index (χ1v) is 9.69. The number of hydrogen-bond acceptors (Lipinski definition) is 2. The van der Waals surface area contributed by atoms with Gasteiger partial charge in [0.1, 0.15) is 6.04 Å². The number of anilines is 1. The maximum absolute atomic E-state index is 12.7. The van der Waals surface area contributed by atoms with E-state index in [-0.39, 0.29) is 17.7 Å². The molecule has 1 unspecified atom stereocenters. The lowest BCUT2D eigenvalue weighted by Gasteiger charge is -2.25. The second kappa shape index (κ2) is 9.59. The molecule has 0 bridgehead atoms. The highest BCUT2D eigenvalue weighted by Crippen LogP contribution is 2.24. The van der Waals surface area contributed by atoms with Crippen molar-refractivity contribution < 1.29 is 9.59 Å². The highest BCUT2D eigenvalue weighted by Gasteiger charge is 2.27. The summed E-state index contributed by atoms with van der Waals surface area (Å²) in [5.74, 6) is 0.331. The van der Waals surface area contributed by atoms with Gasteiger partial charge < -0.3 is 10.6 Å². The van der Waals surface area contributed by atoms with Crippen LogP contribution < -0.4 is 10.6 Å². The quantitative estimate of drug-likeness (QED) is 0.775. The fourth-order valence-corrected chi connectivity index (χ4v) is 3.46. The molecule has 1 fully saturated rings. The normalized spacial score (nSPS) is 16.5. The molecule has 0 heterocycles. The van der Waals surface area contributed by atoms with Crippen LogP contribution in [0.5, 0.6) is 0 Å². The van der Waals surface area contributed by atoms with E-state index in [9.17, 15) is 9.59 Å². The van der Waals surface area contributed by atoms with Crippen LogP contribution in [0.2, 0.25) is 0 Å². The fourth-order valence-electron chi connectivity index (χ4n) is 3.46. The van der Waals surface area contributed by atoms with Crippen molar-refractivity contribution in [3.05, 3.63) is 29.8 Å². The number of carbonyl (C=O) groups is 2. The van der Waals surface area contributed by atoms with Crippen LogP contribution in [-0.4, -0.2) is 17.9 Å². The Kier molecular flexibility index (Phi) is 7.48. The van der Waals surface area contributed by atoms with Gasteiger partial charge in [0.25, 0.3) is 0 Å². The Morgan fingerprint density at radius 3 is 2.52 bits per heavy atom. The topological polar surface area (TPSA) is 58.2 Å². The summed E-state index contributed by atoms with van der Waals surface area (Å²) in [5, 5.41) is 5.99. The highest BCUT2D eigenvalue weighted by molar-refractivity contribution is 5.97. The predicted octanol–water partition coefficient (Wildman–Crippen LogP) is 4.30. The lowest BCUT2D eigenvalue weighted by Crippen LogP contribution is -2.47. The van der Waals surface area contributed by atoms with Crippen LogP contribution in [0.3, 0.4) is 0 Å². The van der Waals surface area contributed by atoms with Gasteiger partial charge in [0, 0.05) is 11.6 Å². The molecule has 1 aromatic rings. The first kappa shape index (κ1) is 19.5. The second-order valence-corrected chi connectivity index (χ2v) is 7.57. The van der Waals surface area contributed by atoms with Gasteiger partial charge in [0.2, 0.25) is 11.8 Å². The van der Waals surface area contributed by atoms with E-state index in [4.69, 9.17) is 0 Å².